The van der Waals surface area contributed by atoms with Gasteiger partial charge in [0.1, 0.15) is 0 Å². The summed E-state index contributed by atoms with van der Waals surface area (Å²) in [5.41, 5.74) is 0. The summed E-state index contributed by atoms with van der Waals surface area (Å²) in [4.78, 5) is 25.2. The molecule has 4 nitrogen and oxygen atoms in total. The van der Waals surface area contributed by atoms with E-state index in [2.05, 4.69) is 11.3 Å². The van der Waals surface area contributed by atoms with Crippen LogP contribution in [0.5, 0.6) is 0 Å². The molecule has 0 aliphatic carbocycles. The van der Waals surface area contributed by atoms with E-state index in [-0.39, 0.29) is 76.9 Å². The van der Waals surface area contributed by atoms with Crippen molar-refractivity contribution in [1.29, 1.82) is 0 Å². The normalized spacial score (nSPS) is 11.0. The molecule has 0 aromatic carbocycles. The van der Waals surface area contributed by atoms with Crippen molar-refractivity contribution < 1.29 is 89.1 Å². The van der Waals surface area contributed by atoms with Crippen molar-refractivity contribution >= 4 is 9.05 Å². The Hall–Kier alpha value is 2.11. The molecule has 0 bridgehead atoms. The fourth-order valence-corrected chi connectivity index (χ4v) is 1.16. The summed E-state index contributed by atoms with van der Waals surface area (Å²) in [5.74, 6) is 0. The molecular weight excluding hydrogens is 297 g/mol. The minimum atomic E-state index is -4.22. The molecule has 0 atom stereocenters. The number of unbranched alkanes of at least 4 members (excludes halogenated alkanes) is 3. The van der Waals surface area contributed by atoms with Crippen LogP contribution in [0.2, 0.25) is 0 Å². The van der Waals surface area contributed by atoms with Gasteiger partial charge < -0.3 is 20.2 Å². The molecule has 0 fully saturated rings. The van der Waals surface area contributed by atoms with Crippen LogP contribution in [-0.2, 0) is 4.43 Å². The zero-order valence-corrected chi connectivity index (χ0v) is 15.1. The van der Waals surface area contributed by atoms with Gasteiger partial charge in [0.25, 0.3) is 0 Å². The maximum Gasteiger partial charge on any atom is 1.00 e. The molecule has 70 valence electrons. The summed E-state index contributed by atoms with van der Waals surface area (Å²) in [6, 6.07) is 0. The molecule has 0 saturated carbocycles. The summed E-state index contributed by atoms with van der Waals surface area (Å²) in [7, 11) is -4.22. The van der Waals surface area contributed by atoms with Crippen LogP contribution in [0.25, 0.3) is 0 Å². The van der Waals surface area contributed by atoms with Crippen LogP contribution in [0.4, 0.5) is 0 Å². The molecule has 0 rings (SSSR count). The van der Waals surface area contributed by atoms with Crippen molar-refractivity contribution in [2.45, 2.75) is 32.6 Å². The first-order valence-electron chi connectivity index (χ1n) is 3.87. The average Bonchev–Trinajstić information content (AvgIpc) is 1.85. The monoisotopic (exact) mass is 314 g/mol. The first-order chi connectivity index (χ1) is 5.06. The Morgan fingerprint density at radius 2 is 1.75 bits per heavy atom. The van der Waals surface area contributed by atoms with E-state index in [0.29, 0.717) is 0 Å². The molecule has 0 unspecified atom stereocenters. The Balaban J connectivity index is -0.000000500. The van der Waals surface area contributed by atoms with E-state index in [9.17, 15) is 0 Å². The molecule has 12 heavy (non-hydrogen) atoms. The molecule has 0 amide bonds. The van der Waals surface area contributed by atoms with Crippen LogP contribution in [0.15, 0.2) is 0 Å². The third-order valence-electron chi connectivity index (χ3n) is 1.29. The maximum absolute atomic E-state index is 8.40. The molecule has 0 heterocycles. The van der Waals surface area contributed by atoms with Gasteiger partial charge in [-0.25, -0.2) is 0 Å². The fraction of sp³-hybridized carbons (Fsp3) is 1.00. The van der Waals surface area contributed by atoms with E-state index in [4.69, 9.17) is 14.4 Å². The van der Waals surface area contributed by atoms with Gasteiger partial charge in [0.05, 0.1) is 0 Å². The van der Waals surface area contributed by atoms with Crippen molar-refractivity contribution in [2.24, 2.45) is 0 Å². The van der Waals surface area contributed by atoms with Gasteiger partial charge in [-0.15, -0.1) is 0 Å². The summed E-state index contributed by atoms with van der Waals surface area (Å²) >= 11 is 0. The van der Waals surface area contributed by atoms with Crippen molar-refractivity contribution in [2.75, 3.05) is 6.61 Å². The molecule has 0 aromatic heterocycles. The Labute approximate surface area is 135 Å². The van der Waals surface area contributed by atoms with Crippen LogP contribution < -0.4 is 68.9 Å². The first kappa shape index (κ1) is 16.5. The van der Waals surface area contributed by atoms with E-state index in [1.807, 2.05) is 0 Å². The summed E-state index contributed by atoms with van der Waals surface area (Å²) in [5, 5.41) is 0. The minimum Gasteiger partial charge on any atom is -1.00 e. The number of rotatable bonds is 6. The van der Waals surface area contributed by atoms with Gasteiger partial charge in [-0.3, -0.25) is 0 Å². The van der Waals surface area contributed by atoms with Gasteiger partial charge in [-0.2, -0.15) is 0 Å². The predicted molar refractivity (Wildman–Crippen MR) is 43.6 cm³/mol. The Morgan fingerprint density at radius 1 is 1.17 bits per heavy atom. The third-order valence-corrected chi connectivity index (χ3v) is 1.89. The van der Waals surface area contributed by atoms with E-state index in [0.717, 1.165) is 25.7 Å². The SMILES string of the molecule is CCCCCCO[Si](O)(O)O.[Cs+].[H-]. The second-order valence-corrected chi connectivity index (χ2v) is 3.92. The predicted octanol–water partition coefficient (Wildman–Crippen LogP) is -2.89. The molecule has 0 aliphatic rings. The van der Waals surface area contributed by atoms with Crippen LogP contribution in [0, 0.1) is 0 Å². The van der Waals surface area contributed by atoms with Crippen molar-refractivity contribution in [1.82, 2.24) is 0 Å². The third kappa shape index (κ3) is 14.6. The van der Waals surface area contributed by atoms with Crippen LogP contribution in [-0.4, -0.2) is 30.0 Å². The van der Waals surface area contributed by atoms with Gasteiger partial charge in [0.15, 0.2) is 0 Å². The number of hydrogen-bond acceptors (Lipinski definition) is 4. The number of hydrogen-bond donors (Lipinski definition) is 3. The second kappa shape index (κ2) is 9.66. The maximum atomic E-state index is 8.40. The molecule has 0 aromatic rings. The van der Waals surface area contributed by atoms with E-state index in [1.54, 1.807) is 0 Å². The molecule has 0 aliphatic heterocycles. The Kier molecular flexibility index (Phi) is 13.3. The van der Waals surface area contributed by atoms with E-state index >= 15 is 0 Å². The second-order valence-electron chi connectivity index (χ2n) is 2.48. The summed E-state index contributed by atoms with van der Waals surface area (Å²) in [6.45, 7) is 2.32. The largest absolute Gasteiger partial charge is 1.00 e. The van der Waals surface area contributed by atoms with Crippen LogP contribution in [0.3, 0.4) is 0 Å². The molecular formula is C6H17CsO4Si. The van der Waals surface area contributed by atoms with E-state index < -0.39 is 9.05 Å². The van der Waals surface area contributed by atoms with Crippen LogP contribution >= 0.6 is 0 Å². The summed E-state index contributed by atoms with van der Waals surface area (Å²) in [6.07, 6.45) is 4.01. The zero-order valence-electron chi connectivity index (χ0n) is 8.79. The molecule has 3 N–H and O–H groups in total. The Morgan fingerprint density at radius 3 is 2.17 bits per heavy atom. The molecule has 0 saturated heterocycles. The molecule has 6 heteroatoms. The van der Waals surface area contributed by atoms with Gasteiger partial charge >= 0.3 is 77.9 Å². The van der Waals surface area contributed by atoms with Gasteiger partial charge in [-0.05, 0) is 6.42 Å². The zero-order chi connectivity index (χ0) is 8.74. The van der Waals surface area contributed by atoms with Crippen molar-refractivity contribution in [3.05, 3.63) is 0 Å². The van der Waals surface area contributed by atoms with Crippen molar-refractivity contribution in [3.63, 3.8) is 0 Å². The summed E-state index contributed by atoms with van der Waals surface area (Å²) < 4.78 is 4.38. The molecule has 0 spiro atoms. The standard InChI is InChI=1S/C6H16O4Si.Cs.H/c1-2-3-4-5-6-10-11(7,8)9;;/h7-9H,2-6H2,1H3;;/q;+1;-1. The Bertz CT molecular complexity index is 101. The molecule has 0 radical (unpaired) electrons. The van der Waals surface area contributed by atoms with Crippen LogP contribution in [0.1, 0.15) is 34.0 Å². The first-order valence-corrected chi connectivity index (χ1v) is 5.62. The fourth-order valence-electron chi connectivity index (χ4n) is 0.738. The van der Waals surface area contributed by atoms with Crippen molar-refractivity contribution in [3.8, 4) is 0 Å². The van der Waals surface area contributed by atoms with E-state index in [1.165, 1.54) is 0 Å². The smallest absolute Gasteiger partial charge is 1.00 e. The topological polar surface area (TPSA) is 69.9 Å². The van der Waals surface area contributed by atoms with Gasteiger partial charge in [0.2, 0.25) is 0 Å². The average molecular weight is 314 g/mol. The quantitative estimate of drug-likeness (QED) is 0.364. The minimum absolute atomic E-state index is 0. The van der Waals surface area contributed by atoms with Gasteiger partial charge in [0, 0.05) is 6.61 Å². The van der Waals surface area contributed by atoms with Gasteiger partial charge in [-0.1, -0.05) is 26.2 Å².